The Morgan fingerprint density at radius 2 is 2.04 bits per heavy atom. The third kappa shape index (κ3) is 3.13. The van der Waals surface area contributed by atoms with Crippen molar-refractivity contribution in [2.75, 3.05) is 18.9 Å². The van der Waals surface area contributed by atoms with E-state index in [4.69, 9.17) is 0 Å². The lowest BCUT2D eigenvalue weighted by Gasteiger charge is -2.20. The molecule has 0 atom stereocenters. The Hall–Kier alpha value is -2.58. The minimum absolute atomic E-state index is 0.0960. The Labute approximate surface area is 154 Å². The highest BCUT2D eigenvalue weighted by Gasteiger charge is 2.20. The maximum Gasteiger partial charge on any atom is 0.274 e. The molecular weight excluding hydrogens is 350 g/mol. The number of likely N-dealkylation sites (N-methyl/N-ethyl adjacent to an activating group) is 1. The number of fused-ring (bicyclic) bond motifs is 2. The highest BCUT2D eigenvalue weighted by atomic mass is 32.1. The van der Waals surface area contributed by atoms with Gasteiger partial charge in [-0.3, -0.25) is 9.59 Å². The van der Waals surface area contributed by atoms with Crippen LogP contribution in [0.15, 0.2) is 29.1 Å². The standard InChI is InChI=1S/C18H19N5O2S/c1-22-8-7-13-15(10-22)26-18(19-13)20-16(24)9-14-11-5-3-4-6-12(11)17(25)23(2)21-14/h3-6H,7-10H2,1-2H3,(H,19,20,24). The summed E-state index contributed by atoms with van der Waals surface area (Å²) in [4.78, 5) is 32.7. The molecule has 1 aliphatic heterocycles. The maximum absolute atomic E-state index is 12.5. The second-order valence-corrected chi connectivity index (χ2v) is 7.61. The molecule has 0 radical (unpaired) electrons. The summed E-state index contributed by atoms with van der Waals surface area (Å²) in [6.45, 7) is 1.86. The molecule has 0 unspecified atom stereocenters. The highest BCUT2D eigenvalue weighted by Crippen LogP contribution is 2.27. The van der Waals surface area contributed by atoms with Crippen molar-refractivity contribution in [3.63, 3.8) is 0 Å². The molecule has 1 amide bonds. The van der Waals surface area contributed by atoms with Gasteiger partial charge in [-0.1, -0.05) is 18.2 Å². The van der Waals surface area contributed by atoms with Crippen LogP contribution in [0.2, 0.25) is 0 Å². The number of amides is 1. The quantitative estimate of drug-likeness (QED) is 0.758. The molecule has 3 aromatic rings. The predicted molar refractivity (Wildman–Crippen MR) is 101 cm³/mol. The van der Waals surface area contributed by atoms with Crippen molar-refractivity contribution in [2.24, 2.45) is 7.05 Å². The number of carbonyl (C=O) groups excluding carboxylic acids is 1. The zero-order valence-electron chi connectivity index (χ0n) is 14.7. The van der Waals surface area contributed by atoms with Gasteiger partial charge in [-0.05, 0) is 13.1 Å². The van der Waals surface area contributed by atoms with Crippen molar-refractivity contribution >= 4 is 33.1 Å². The number of aromatic nitrogens is 3. The summed E-state index contributed by atoms with van der Waals surface area (Å²) in [5.41, 5.74) is 1.50. The number of anilines is 1. The second-order valence-electron chi connectivity index (χ2n) is 6.52. The van der Waals surface area contributed by atoms with Gasteiger partial charge in [0.05, 0.1) is 23.2 Å². The van der Waals surface area contributed by atoms with Gasteiger partial charge in [0.1, 0.15) is 0 Å². The number of nitrogens with one attached hydrogen (secondary N) is 1. The van der Waals surface area contributed by atoms with Crippen molar-refractivity contribution in [1.29, 1.82) is 0 Å². The van der Waals surface area contributed by atoms with E-state index in [1.807, 2.05) is 18.2 Å². The molecule has 2 aromatic heterocycles. The number of hydrogen-bond donors (Lipinski definition) is 1. The topological polar surface area (TPSA) is 80.1 Å². The molecule has 26 heavy (non-hydrogen) atoms. The molecule has 0 aliphatic carbocycles. The third-order valence-electron chi connectivity index (χ3n) is 4.53. The predicted octanol–water partition coefficient (Wildman–Crippen LogP) is 1.56. The number of rotatable bonds is 3. The van der Waals surface area contributed by atoms with E-state index >= 15 is 0 Å². The Morgan fingerprint density at radius 3 is 2.85 bits per heavy atom. The molecule has 4 rings (SSSR count). The van der Waals surface area contributed by atoms with Gasteiger partial charge in [-0.25, -0.2) is 9.67 Å². The van der Waals surface area contributed by atoms with E-state index in [0.717, 1.165) is 25.2 Å². The van der Waals surface area contributed by atoms with Crippen LogP contribution >= 0.6 is 11.3 Å². The Bertz CT molecular complexity index is 1060. The van der Waals surface area contributed by atoms with E-state index < -0.39 is 0 Å². The average molecular weight is 369 g/mol. The molecular formula is C18H19N5O2S. The molecule has 0 spiro atoms. The number of thiazole rings is 1. The van der Waals surface area contributed by atoms with Crippen LogP contribution in [0.25, 0.3) is 10.8 Å². The molecule has 8 heteroatoms. The van der Waals surface area contributed by atoms with Crippen LogP contribution in [-0.2, 0) is 31.2 Å². The Kier molecular flexibility index (Phi) is 4.29. The van der Waals surface area contributed by atoms with E-state index in [0.29, 0.717) is 21.6 Å². The monoisotopic (exact) mass is 369 g/mol. The van der Waals surface area contributed by atoms with Crippen molar-refractivity contribution in [3.8, 4) is 0 Å². The van der Waals surface area contributed by atoms with Crippen LogP contribution in [-0.4, -0.2) is 39.2 Å². The molecule has 134 valence electrons. The highest BCUT2D eigenvalue weighted by molar-refractivity contribution is 7.15. The largest absolute Gasteiger partial charge is 0.302 e. The van der Waals surface area contributed by atoms with Gasteiger partial charge >= 0.3 is 0 Å². The summed E-state index contributed by atoms with van der Waals surface area (Å²) in [6, 6.07) is 7.23. The van der Waals surface area contributed by atoms with E-state index in [1.165, 1.54) is 20.9 Å². The van der Waals surface area contributed by atoms with Crippen LogP contribution < -0.4 is 10.9 Å². The normalized spacial score (nSPS) is 14.4. The lowest BCUT2D eigenvalue weighted by atomic mass is 10.1. The first kappa shape index (κ1) is 16.9. The minimum Gasteiger partial charge on any atom is -0.302 e. The zero-order valence-corrected chi connectivity index (χ0v) is 15.5. The van der Waals surface area contributed by atoms with E-state index in [2.05, 4.69) is 27.3 Å². The van der Waals surface area contributed by atoms with Gasteiger partial charge in [-0.2, -0.15) is 5.10 Å². The average Bonchev–Trinajstić information content (AvgIpc) is 3.00. The lowest BCUT2D eigenvalue weighted by molar-refractivity contribution is -0.115. The molecule has 1 N–H and O–H groups in total. The van der Waals surface area contributed by atoms with Crippen LogP contribution in [0.3, 0.4) is 0 Å². The van der Waals surface area contributed by atoms with Crippen LogP contribution in [0.1, 0.15) is 16.3 Å². The molecule has 0 fully saturated rings. The van der Waals surface area contributed by atoms with Crippen LogP contribution in [0, 0.1) is 0 Å². The van der Waals surface area contributed by atoms with Gasteiger partial charge in [-0.15, -0.1) is 11.3 Å². The van der Waals surface area contributed by atoms with Gasteiger partial charge in [0.2, 0.25) is 5.91 Å². The lowest BCUT2D eigenvalue weighted by Crippen LogP contribution is -2.25. The molecule has 1 aromatic carbocycles. The second kappa shape index (κ2) is 6.62. The Balaban J connectivity index is 1.57. The third-order valence-corrected chi connectivity index (χ3v) is 5.53. The molecule has 0 saturated heterocycles. The number of carbonyl (C=O) groups is 1. The number of nitrogens with zero attached hydrogens (tertiary/aromatic N) is 4. The first-order chi connectivity index (χ1) is 12.5. The van der Waals surface area contributed by atoms with Gasteiger partial charge in [0.15, 0.2) is 5.13 Å². The molecule has 7 nitrogen and oxygen atoms in total. The first-order valence-electron chi connectivity index (χ1n) is 8.43. The minimum atomic E-state index is -0.180. The SMILES string of the molecule is CN1CCc2nc(NC(=O)Cc3nn(C)c(=O)c4ccccc34)sc2C1. The maximum atomic E-state index is 12.5. The van der Waals surface area contributed by atoms with Crippen LogP contribution in [0.5, 0.6) is 0 Å². The smallest absolute Gasteiger partial charge is 0.274 e. The summed E-state index contributed by atoms with van der Waals surface area (Å²) in [6.07, 6.45) is 1.00. The molecule has 0 bridgehead atoms. The van der Waals surface area contributed by atoms with E-state index in [-0.39, 0.29) is 17.9 Å². The van der Waals surface area contributed by atoms with E-state index in [9.17, 15) is 9.59 Å². The van der Waals surface area contributed by atoms with Crippen molar-refractivity contribution in [3.05, 3.63) is 50.9 Å². The van der Waals surface area contributed by atoms with Gasteiger partial charge in [0.25, 0.3) is 5.56 Å². The molecule has 3 heterocycles. The van der Waals surface area contributed by atoms with E-state index in [1.54, 1.807) is 13.1 Å². The fourth-order valence-electron chi connectivity index (χ4n) is 3.20. The number of hydrogen-bond acceptors (Lipinski definition) is 6. The summed E-state index contributed by atoms with van der Waals surface area (Å²) < 4.78 is 1.28. The fourth-order valence-corrected chi connectivity index (χ4v) is 4.30. The molecule has 0 saturated carbocycles. The fraction of sp³-hybridized carbons (Fsp3) is 0.333. The van der Waals surface area contributed by atoms with Crippen molar-refractivity contribution < 1.29 is 4.79 Å². The van der Waals surface area contributed by atoms with Gasteiger partial charge in [0, 0.05) is 36.8 Å². The van der Waals surface area contributed by atoms with Crippen molar-refractivity contribution in [2.45, 2.75) is 19.4 Å². The molecule has 1 aliphatic rings. The van der Waals surface area contributed by atoms with Crippen molar-refractivity contribution in [1.82, 2.24) is 19.7 Å². The summed E-state index contributed by atoms with van der Waals surface area (Å²) in [5.74, 6) is -0.180. The number of benzene rings is 1. The Morgan fingerprint density at radius 1 is 1.27 bits per heavy atom. The summed E-state index contributed by atoms with van der Waals surface area (Å²) >= 11 is 1.53. The summed E-state index contributed by atoms with van der Waals surface area (Å²) in [5, 5.41) is 9.07. The van der Waals surface area contributed by atoms with Crippen LogP contribution in [0.4, 0.5) is 5.13 Å². The zero-order chi connectivity index (χ0) is 18.3. The number of aryl methyl sites for hydroxylation is 1. The first-order valence-corrected chi connectivity index (χ1v) is 9.25. The summed E-state index contributed by atoms with van der Waals surface area (Å²) in [7, 11) is 3.68. The van der Waals surface area contributed by atoms with Gasteiger partial charge < -0.3 is 10.2 Å².